The van der Waals surface area contributed by atoms with Gasteiger partial charge in [-0.15, -0.1) is 0 Å². The number of anilines is 1. The topological polar surface area (TPSA) is 49.3 Å². The highest BCUT2D eigenvalue weighted by Gasteiger charge is 2.25. The molecule has 1 saturated heterocycles. The van der Waals surface area contributed by atoms with E-state index >= 15 is 0 Å². The Hall–Kier alpha value is -2.63. The lowest BCUT2D eigenvalue weighted by molar-refractivity contribution is 0.0746. The molecule has 5 nitrogen and oxygen atoms in total. The third-order valence-corrected chi connectivity index (χ3v) is 6.54. The number of aryl methyl sites for hydroxylation is 3. The Balaban J connectivity index is 1.53. The molecule has 0 unspecified atom stereocenters. The van der Waals surface area contributed by atoms with Crippen molar-refractivity contribution in [3.8, 4) is 0 Å². The van der Waals surface area contributed by atoms with Crippen molar-refractivity contribution in [2.75, 3.05) is 31.1 Å². The smallest absolute Gasteiger partial charge is 0.254 e. The summed E-state index contributed by atoms with van der Waals surface area (Å²) in [5.74, 6) is 1.70. The minimum atomic E-state index is -0.0294. The third kappa shape index (κ3) is 4.89. The molecule has 2 heterocycles. The maximum absolute atomic E-state index is 12.9. The number of piperazine rings is 1. The van der Waals surface area contributed by atoms with Crippen LogP contribution in [-0.4, -0.2) is 47.0 Å². The second-order valence-corrected chi connectivity index (χ2v) is 9.05. The number of carbonyl (C=O) groups excluding carboxylic acids is 1. The van der Waals surface area contributed by atoms with E-state index in [1.54, 1.807) is 18.2 Å². The van der Waals surface area contributed by atoms with E-state index in [0.29, 0.717) is 41.8 Å². The Morgan fingerprint density at radius 2 is 1.69 bits per heavy atom. The normalized spacial score (nSPS) is 14.0. The average molecular weight is 469 g/mol. The highest BCUT2D eigenvalue weighted by Crippen LogP contribution is 2.27. The van der Waals surface area contributed by atoms with Gasteiger partial charge in [-0.2, -0.15) is 0 Å². The van der Waals surface area contributed by atoms with Crippen molar-refractivity contribution in [1.29, 1.82) is 0 Å². The zero-order valence-electron chi connectivity index (χ0n) is 18.5. The number of halogens is 2. The minimum Gasteiger partial charge on any atom is -0.353 e. The number of hydrogen-bond donors (Lipinski definition) is 0. The molecule has 1 amide bonds. The van der Waals surface area contributed by atoms with E-state index in [4.69, 9.17) is 28.2 Å². The molecule has 7 heteroatoms. The quantitative estimate of drug-likeness (QED) is 0.523. The predicted molar refractivity (Wildman–Crippen MR) is 130 cm³/mol. The van der Waals surface area contributed by atoms with Crippen LogP contribution in [0.4, 0.5) is 5.82 Å². The molecule has 0 saturated carbocycles. The highest BCUT2D eigenvalue weighted by molar-refractivity contribution is 6.42. The zero-order valence-corrected chi connectivity index (χ0v) is 20.0. The average Bonchev–Trinajstić information content (AvgIpc) is 2.77. The van der Waals surface area contributed by atoms with E-state index < -0.39 is 0 Å². The maximum atomic E-state index is 12.9. The summed E-state index contributed by atoms with van der Waals surface area (Å²) in [4.78, 5) is 26.5. The predicted octanol–water partition coefficient (Wildman–Crippen LogP) is 5.26. The molecule has 0 aliphatic carbocycles. The van der Waals surface area contributed by atoms with Crippen molar-refractivity contribution in [1.82, 2.24) is 14.9 Å². The van der Waals surface area contributed by atoms with Gasteiger partial charge >= 0.3 is 0 Å². The summed E-state index contributed by atoms with van der Waals surface area (Å²) in [7, 11) is 0. The van der Waals surface area contributed by atoms with Gasteiger partial charge in [0.25, 0.3) is 5.91 Å². The summed E-state index contributed by atoms with van der Waals surface area (Å²) in [6.07, 6.45) is 0.783. The van der Waals surface area contributed by atoms with Crippen LogP contribution in [-0.2, 0) is 6.42 Å². The molecule has 1 aromatic heterocycles. The van der Waals surface area contributed by atoms with E-state index in [-0.39, 0.29) is 5.91 Å². The van der Waals surface area contributed by atoms with Gasteiger partial charge in [0.15, 0.2) is 0 Å². The van der Waals surface area contributed by atoms with Gasteiger partial charge in [0.2, 0.25) is 0 Å². The van der Waals surface area contributed by atoms with Crippen LogP contribution in [0.5, 0.6) is 0 Å². The van der Waals surface area contributed by atoms with Gasteiger partial charge in [0.1, 0.15) is 11.6 Å². The van der Waals surface area contributed by atoms with Crippen LogP contribution in [0.1, 0.15) is 38.6 Å². The third-order valence-electron chi connectivity index (χ3n) is 5.80. The lowest BCUT2D eigenvalue weighted by Gasteiger charge is -2.36. The molecule has 4 rings (SSSR count). The van der Waals surface area contributed by atoms with Gasteiger partial charge in [-0.1, -0.05) is 53.0 Å². The number of nitrogens with zero attached hydrogens (tertiary/aromatic N) is 4. The Bertz CT molecular complexity index is 1160. The largest absolute Gasteiger partial charge is 0.353 e. The second kappa shape index (κ2) is 9.47. The zero-order chi connectivity index (χ0) is 22.8. The highest BCUT2D eigenvalue weighted by atomic mass is 35.5. The molecular formula is C25H26Cl2N4O. The number of rotatable bonds is 4. The fraction of sp³-hybridized carbons (Fsp3) is 0.320. The van der Waals surface area contributed by atoms with Crippen molar-refractivity contribution in [2.24, 2.45) is 0 Å². The number of carbonyl (C=O) groups is 1. The van der Waals surface area contributed by atoms with Gasteiger partial charge in [-0.3, -0.25) is 4.79 Å². The number of benzene rings is 2. The lowest BCUT2D eigenvalue weighted by Crippen LogP contribution is -2.49. The molecule has 0 atom stereocenters. The van der Waals surface area contributed by atoms with Crippen LogP contribution in [0.3, 0.4) is 0 Å². The molecule has 1 aliphatic heterocycles. The molecule has 0 N–H and O–H groups in total. The van der Waals surface area contributed by atoms with Crippen LogP contribution in [0.25, 0.3) is 0 Å². The molecular weight excluding hydrogens is 443 g/mol. The van der Waals surface area contributed by atoms with E-state index in [1.807, 2.05) is 18.7 Å². The first-order chi connectivity index (χ1) is 15.3. The molecule has 0 spiro atoms. The van der Waals surface area contributed by atoms with E-state index in [9.17, 15) is 4.79 Å². The molecule has 0 bridgehead atoms. The SMILES string of the molecule is Cc1cccc(Cc2c(C)nc(C)nc2N2CCN(C(=O)c3ccc(Cl)c(Cl)c3)CC2)c1. The van der Waals surface area contributed by atoms with Crippen molar-refractivity contribution < 1.29 is 4.79 Å². The van der Waals surface area contributed by atoms with Crippen LogP contribution in [0, 0.1) is 20.8 Å². The molecule has 3 aromatic rings. The fourth-order valence-corrected chi connectivity index (χ4v) is 4.44. The van der Waals surface area contributed by atoms with Gasteiger partial charge in [-0.25, -0.2) is 9.97 Å². The summed E-state index contributed by atoms with van der Waals surface area (Å²) in [5.41, 5.74) is 5.19. The monoisotopic (exact) mass is 468 g/mol. The van der Waals surface area contributed by atoms with Crippen molar-refractivity contribution in [3.63, 3.8) is 0 Å². The summed E-state index contributed by atoms with van der Waals surface area (Å²) < 4.78 is 0. The van der Waals surface area contributed by atoms with E-state index in [2.05, 4.69) is 41.1 Å². The standard InChI is InChI=1S/C25H26Cl2N4O/c1-16-5-4-6-19(13-16)14-21-17(2)28-18(3)29-24(21)30-9-11-31(12-10-30)25(32)20-7-8-22(26)23(27)15-20/h4-8,13,15H,9-12,14H2,1-3H3. The van der Waals surface area contributed by atoms with Crippen LogP contribution in [0.15, 0.2) is 42.5 Å². The van der Waals surface area contributed by atoms with Gasteiger partial charge in [0.05, 0.1) is 10.0 Å². The lowest BCUT2D eigenvalue weighted by atomic mass is 10.0. The van der Waals surface area contributed by atoms with Crippen LogP contribution >= 0.6 is 23.2 Å². The summed E-state index contributed by atoms with van der Waals surface area (Å²) in [5, 5.41) is 0.840. The van der Waals surface area contributed by atoms with Gasteiger partial charge in [0, 0.05) is 49.4 Å². The minimum absolute atomic E-state index is 0.0294. The summed E-state index contributed by atoms with van der Waals surface area (Å²) >= 11 is 12.1. The Morgan fingerprint density at radius 1 is 0.938 bits per heavy atom. The Morgan fingerprint density at radius 3 is 2.38 bits per heavy atom. The molecule has 32 heavy (non-hydrogen) atoms. The number of amides is 1. The summed E-state index contributed by atoms with van der Waals surface area (Å²) in [6, 6.07) is 13.6. The van der Waals surface area contributed by atoms with Gasteiger partial charge < -0.3 is 9.80 Å². The van der Waals surface area contributed by atoms with E-state index in [1.165, 1.54) is 11.1 Å². The van der Waals surface area contributed by atoms with Crippen LogP contribution in [0.2, 0.25) is 10.0 Å². The van der Waals surface area contributed by atoms with Crippen molar-refractivity contribution in [3.05, 3.63) is 86.3 Å². The van der Waals surface area contributed by atoms with Crippen molar-refractivity contribution in [2.45, 2.75) is 27.2 Å². The Labute approximate surface area is 199 Å². The van der Waals surface area contributed by atoms with E-state index in [0.717, 1.165) is 29.3 Å². The molecule has 2 aromatic carbocycles. The van der Waals surface area contributed by atoms with Gasteiger partial charge in [-0.05, 0) is 44.5 Å². The molecule has 166 valence electrons. The second-order valence-electron chi connectivity index (χ2n) is 8.23. The molecule has 0 radical (unpaired) electrons. The summed E-state index contributed by atoms with van der Waals surface area (Å²) in [6.45, 7) is 8.74. The first kappa shape index (κ1) is 22.6. The first-order valence-electron chi connectivity index (χ1n) is 10.7. The fourth-order valence-electron chi connectivity index (χ4n) is 4.15. The first-order valence-corrected chi connectivity index (χ1v) is 11.5. The Kier molecular flexibility index (Phi) is 6.68. The van der Waals surface area contributed by atoms with Crippen LogP contribution < -0.4 is 4.90 Å². The molecule has 1 fully saturated rings. The maximum Gasteiger partial charge on any atom is 0.254 e. The molecule has 1 aliphatic rings. The number of hydrogen-bond acceptors (Lipinski definition) is 4. The number of aromatic nitrogens is 2. The van der Waals surface area contributed by atoms with Crippen molar-refractivity contribution >= 4 is 34.9 Å².